The van der Waals surface area contributed by atoms with Gasteiger partial charge in [-0.2, -0.15) is 0 Å². The summed E-state index contributed by atoms with van der Waals surface area (Å²) >= 11 is 0. The van der Waals surface area contributed by atoms with Crippen LogP contribution in [0.1, 0.15) is 26.2 Å². The van der Waals surface area contributed by atoms with Crippen LogP contribution in [0.15, 0.2) is 12.2 Å². The molecule has 0 heterocycles. The third-order valence-electron chi connectivity index (χ3n) is 1.69. The summed E-state index contributed by atoms with van der Waals surface area (Å²) in [7, 11) is 0. The number of hydrogen-bond donors (Lipinski definition) is 1. The van der Waals surface area contributed by atoms with Crippen LogP contribution in [0.25, 0.3) is 0 Å². The average molecular weight is 139 g/mol. The molecule has 0 aromatic carbocycles. The van der Waals surface area contributed by atoms with Gasteiger partial charge in [-0.25, -0.2) is 0 Å². The smallest absolute Gasteiger partial charge is 0.219 e. The van der Waals surface area contributed by atoms with E-state index in [0.717, 1.165) is 12.8 Å². The van der Waals surface area contributed by atoms with Gasteiger partial charge in [0.1, 0.15) is 0 Å². The lowest BCUT2D eigenvalue weighted by Crippen LogP contribution is -2.31. The van der Waals surface area contributed by atoms with Gasteiger partial charge < -0.3 is 5.32 Å². The van der Waals surface area contributed by atoms with Gasteiger partial charge in [0.2, 0.25) is 5.91 Å². The summed E-state index contributed by atoms with van der Waals surface area (Å²) in [6.07, 6.45) is 6.83. The quantitative estimate of drug-likeness (QED) is 0.573. The van der Waals surface area contributed by atoms with Crippen molar-refractivity contribution in [2.45, 2.75) is 32.2 Å². The lowest BCUT2D eigenvalue weighted by atomic mass is 10.2. The molecule has 2 heteroatoms. The normalized spacial score (nSPS) is 17.7. The van der Waals surface area contributed by atoms with E-state index in [4.69, 9.17) is 0 Å². The van der Waals surface area contributed by atoms with Crippen molar-refractivity contribution >= 4 is 5.91 Å². The van der Waals surface area contributed by atoms with E-state index in [0.29, 0.717) is 12.5 Å². The van der Waals surface area contributed by atoms with Crippen molar-refractivity contribution in [3.63, 3.8) is 0 Å². The van der Waals surface area contributed by atoms with Crippen LogP contribution in [-0.2, 0) is 4.79 Å². The fraction of sp³-hybridized carbons (Fsp3) is 0.625. The molecule has 2 nitrogen and oxygen atoms in total. The van der Waals surface area contributed by atoms with Crippen molar-refractivity contribution in [2.24, 2.45) is 0 Å². The molecule has 0 aromatic rings. The second-order valence-electron chi connectivity index (χ2n) is 2.56. The van der Waals surface area contributed by atoms with E-state index in [2.05, 4.69) is 17.5 Å². The molecule has 0 aliphatic heterocycles. The van der Waals surface area contributed by atoms with Crippen LogP contribution in [0.2, 0.25) is 0 Å². The Labute approximate surface area is 61.3 Å². The molecule has 0 saturated heterocycles. The minimum atomic E-state index is 0.161. The SMILES string of the molecule is CCC(=O)NC1CC=CC1. The summed E-state index contributed by atoms with van der Waals surface area (Å²) in [4.78, 5) is 10.8. The average Bonchev–Trinajstić information content (AvgIpc) is 2.40. The molecular weight excluding hydrogens is 126 g/mol. The minimum absolute atomic E-state index is 0.161. The van der Waals surface area contributed by atoms with Gasteiger partial charge in [0.25, 0.3) is 0 Å². The number of hydrogen-bond acceptors (Lipinski definition) is 1. The molecule has 0 aromatic heterocycles. The van der Waals surface area contributed by atoms with Crippen LogP contribution in [0.3, 0.4) is 0 Å². The molecular formula is C8H13NO. The van der Waals surface area contributed by atoms with Gasteiger partial charge >= 0.3 is 0 Å². The van der Waals surface area contributed by atoms with Crippen LogP contribution in [-0.4, -0.2) is 11.9 Å². The summed E-state index contributed by atoms with van der Waals surface area (Å²) in [6, 6.07) is 0.382. The van der Waals surface area contributed by atoms with Crippen molar-refractivity contribution in [1.82, 2.24) is 5.32 Å². The van der Waals surface area contributed by atoms with Crippen LogP contribution in [0, 0.1) is 0 Å². The van der Waals surface area contributed by atoms with Crippen molar-refractivity contribution in [1.29, 1.82) is 0 Å². The van der Waals surface area contributed by atoms with Gasteiger partial charge in [-0.3, -0.25) is 4.79 Å². The van der Waals surface area contributed by atoms with E-state index < -0.39 is 0 Å². The fourth-order valence-corrected chi connectivity index (χ4v) is 1.06. The van der Waals surface area contributed by atoms with Crippen LogP contribution in [0.4, 0.5) is 0 Å². The summed E-state index contributed by atoms with van der Waals surface area (Å²) in [5.74, 6) is 0.161. The molecule has 0 fully saturated rings. The summed E-state index contributed by atoms with van der Waals surface area (Å²) in [5.41, 5.74) is 0. The van der Waals surface area contributed by atoms with Gasteiger partial charge in [-0.1, -0.05) is 19.1 Å². The predicted molar refractivity (Wildman–Crippen MR) is 40.6 cm³/mol. The maximum Gasteiger partial charge on any atom is 0.219 e. The Bertz CT molecular complexity index is 143. The van der Waals surface area contributed by atoms with E-state index in [9.17, 15) is 4.79 Å². The zero-order valence-electron chi connectivity index (χ0n) is 6.26. The van der Waals surface area contributed by atoms with Crippen LogP contribution < -0.4 is 5.32 Å². The first-order valence-electron chi connectivity index (χ1n) is 3.77. The maximum absolute atomic E-state index is 10.8. The zero-order valence-corrected chi connectivity index (χ0v) is 6.26. The van der Waals surface area contributed by atoms with Gasteiger partial charge in [-0.05, 0) is 12.8 Å². The summed E-state index contributed by atoms with van der Waals surface area (Å²) in [6.45, 7) is 1.87. The van der Waals surface area contributed by atoms with Gasteiger partial charge in [-0.15, -0.1) is 0 Å². The van der Waals surface area contributed by atoms with Gasteiger partial charge in [0, 0.05) is 12.5 Å². The van der Waals surface area contributed by atoms with Crippen LogP contribution >= 0.6 is 0 Å². The molecule has 1 rings (SSSR count). The van der Waals surface area contributed by atoms with E-state index in [-0.39, 0.29) is 5.91 Å². The van der Waals surface area contributed by atoms with E-state index in [1.165, 1.54) is 0 Å². The highest BCUT2D eigenvalue weighted by molar-refractivity contribution is 5.75. The summed E-state index contributed by atoms with van der Waals surface area (Å²) in [5, 5.41) is 2.93. The standard InChI is InChI=1S/C8H13NO/c1-2-8(10)9-7-5-3-4-6-7/h3-4,7H,2,5-6H2,1H3,(H,9,10). The third-order valence-corrected chi connectivity index (χ3v) is 1.69. The number of nitrogens with one attached hydrogen (secondary N) is 1. The molecule has 0 bridgehead atoms. The monoisotopic (exact) mass is 139 g/mol. The van der Waals surface area contributed by atoms with Crippen LogP contribution in [0.5, 0.6) is 0 Å². The number of carbonyl (C=O) groups is 1. The second-order valence-corrected chi connectivity index (χ2v) is 2.56. The highest BCUT2D eigenvalue weighted by Gasteiger charge is 2.10. The van der Waals surface area contributed by atoms with Crippen molar-refractivity contribution < 1.29 is 4.79 Å². The van der Waals surface area contributed by atoms with Crippen molar-refractivity contribution in [2.75, 3.05) is 0 Å². The first-order chi connectivity index (χ1) is 4.83. The summed E-state index contributed by atoms with van der Waals surface area (Å²) < 4.78 is 0. The number of carbonyl (C=O) groups excluding carboxylic acids is 1. The third kappa shape index (κ3) is 1.87. The Hall–Kier alpha value is -0.790. The molecule has 56 valence electrons. The Morgan fingerprint density at radius 1 is 1.60 bits per heavy atom. The Kier molecular flexibility index (Phi) is 2.49. The van der Waals surface area contributed by atoms with Gasteiger partial charge in [0.05, 0.1) is 0 Å². The highest BCUT2D eigenvalue weighted by Crippen LogP contribution is 2.08. The Morgan fingerprint density at radius 2 is 2.20 bits per heavy atom. The molecule has 0 atom stereocenters. The molecule has 1 aliphatic carbocycles. The fourth-order valence-electron chi connectivity index (χ4n) is 1.06. The van der Waals surface area contributed by atoms with Gasteiger partial charge in [0.15, 0.2) is 0 Å². The molecule has 1 aliphatic rings. The van der Waals surface area contributed by atoms with E-state index in [1.807, 2.05) is 6.92 Å². The van der Waals surface area contributed by atoms with Crippen molar-refractivity contribution in [3.8, 4) is 0 Å². The lowest BCUT2D eigenvalue weighted by molar-refractivity contribution is -0.121. The highest BCUT2D eigenvalue weighted by atomic mass is 16.1. The molecule has 10 heavy (non-hydrogen) atoms. The van der Waals surface area contributed by atoms with E-state index >= 15 is 0 Å². The molecule has 1 amide bonds. The first-order valence-corrected chi connectivity index (χ1v) is 3.77. The zero-order chi connectivity index (χ0) is 7.40. The molecule has 0 radical (unpaired) electrons. The number of rotatable bonds is 2. The topological polar surface area (TPSA) is 29.1 Å². The number of amides is 1. The molecule has 0 unspecified atom stereocenters. The molecule has 0 saturated carbocycles. The lowest BCUT2D eigenvalue weighted by Gasteiger charge is -2.09. The Morgan fingerprint density at radius 3 is 2.70 bits per heavy atom. The predicted octanol–water partition coefficient (Wildman–Crippen LogP) is 1.23. The second kappa shape index (κ2) is 3.40. The largest absolute Gasteiger partial charge is 0.353 e. The van der Waals surface area contributed by atoms with Crippen molar-refractivity contribution in [3.05, 3.63) is 12.2 Å². The maximum atomic E-state index is 10.8. The first kappa shape index (κ1) is 7.32. The minimum Gasteiger partial charge on any atom is -0.353 e. The van der Waals surface area contributed by atoms with E-state index in [1.54, 1.807) is 0 Å². The Balaban J connectivity index is 2.19. The molecule has 1 N–H and O–H groups in total. The molecule has 0 spiro atoms.